The molecule has 25 heavy (non-hydrogen) atoms. The highest BCUT2D eigenvalue weighted by molar-refractivity contribution is 14.0. The maximum atomic E-state index is 11.4. The van der Waals surface area contributed by atoms with Gasteiger partial charge in [-0.15, -0.1) is 24.0 Å². The van der Waals surface area contributed by atoms with E-state index in [2.05, 4.69) is 40.7 Å². The Morgan fingerprint density at radius 3 is 2.24 bits per heavy atom. The maximum Gasteiger partial charge on any atom is 0.337 e. The molecule has 0 spiro atoms. The molecule has 2 aromatic carbocycles. The topological polar surface area (TPSA) is 62.7 Å². The van der Waals surface area contributed by atoms with Gasteiger partial charge in [-0.1, -0.05) is 42.0 Å². The first-order chi connectivity index (χ1) is 11.6. The number of halogens is 1. The van der Waals surface area contributed by atoms with Crippen LogP contribution in [-0.4, -0.2) is 26.1 Å². The smallest absolute Gasteiger partial charge is 0.337 e. The van der Waals surface area contributed by atoms with Gasteiger partial charge < -0.3 is 15.4 Å². The van der Waals surface area contributed by atoms with Crippen molar-refractivity contribution in [3.05, 3.63) is 70.8 Å². The van der Waals surface area contributed by atoms with Crippen molar-refractivity contribution in [3.8, 4) is 0 Å². The zero-order chi connectivity index (χ0) is 17.4. The van der Waals surface area contributed by atoms with Crippen molar-refractivity contribution in [1.82, 2.24) is 10.6 Å². The van der Waals surface area contributed by atoms with E-state index in [1.54, 1.807) is 19.2 Å². The molecule has 0 saturated carbocycles. The largest absolute Gasteiger partial charge is 0.465 e. The van der Waals surface area contributed by atoms with Gasteiger partial charge in [0, 0.05) is 20.1 Å². The lowest BCUT2D eigenvalue weighted by Gasteiger charge is -2.12. The van der Waals surface area contributed by atoms with Crippen LogP contribution in [-0.2, 0) is 17.8 Å². The zero-order valence-electron chi connectivity index (χ0n) is 14.7. The van der Waals surface area contributed by atoms with E-state index in [4.69, 9.17) is 4.74 Å². The summed E-state index contributed by atoms with van der Waals surface area (Å²) in [5.74, 6) is 0.402. The molecule has 2 N–H and O–H groups in total. The van der Waals surface area contributed by atoms with Crippen molar-refractivity contribution in [2.45, 2.75) is 20.0 Å². The zero-order valence-corrected chi connectivity index (χ0v) is 17.0. The highest BCUT2D eigenvalue weighted by atomic mass is 127. The Morgan fingerprint density at radius 1 is 1.04 bits per heavy atom. The number of rotatable bonds is 5. The number of guanidine groups is 1. The minimum atomic E-state index is -0.329. The normalized spacial score (nSPS) is 10.6. The summed E-state index contributed by atoms with van der Waals surface area (Å²) in [6.45, 7) is 3.41. The van der Waals surface area contributed by atoms with E-state index in [1.165, 1.54) is 18.2 Å². The molecular formula is C19H24IN3O2. The van der Waals surface area contributed by atoms with Gasteiger partial charge in [-0.05, 0) is 30.2 Å². The third-order valence-corrected chi connectivity index (χ3v) is 3.60. The van der Waals surface area contributed by atoms with Gasteiger partial charge in [-0.3, -0.25) is 4.99 Å². The molecule has 0 heterocycles. The van der Waals surface area contributed by atoms with Crippen LogP contribution in [0, 0.1) is 6.92 Å². The van der Waals surface area contributed by atoms with E-state index in [-0.39, 0.29) is 29.9 Å². The molecule has 0 aliphatic heterocycles. The van der Waals surface area contributed by atoms with Crippen molar-refractivity contribution < 1.29 is 9.53 Å². The number of aliphatic imine (C=N–C) groups is 1. The van der Waals surface area contributed by atoms with E-state index in [0.29, 0.717) is 18.7 Å². The monoisotopic (exact) mass is 453 g/mol. The molecule has 2 aromatic rings. The number of ether oxygens (including phenoxy) is 1. The van der Waals surface area contributed by atoms with Crippen LogP contribution in [0.2, 0.25) is 0 Å². The first-order valence-corrected chi connectivity index (χ1v) is 7.79. The first kappa shape index (κ1) is 21.0. The molecule has 0 radical (unpaired) electrons. The summed E-state index contributed by atoms with van der Waals surface area (Å²) >= 11 is 0. The molecule has 0 saturated heterocycles. The second-order valence-corrected chi connectivity index (χ2v) is 5.46. The summed E-state index contributed by atoms with van der Waals surface area (Å²) in [6, 6.07) is 15.7. The molecule has 0 bridgehead atoms. The molecule has 0 unspecified atom stereocenters. The lowest BCUT2D eigenvalue weighted by Crippen LogP contribution is -2.36. The predicted octanol–water partition coefficient (Wildman–Crippen LogP) is 3.26. The third kappa shape index (κ3) is 6.74. The van der Waals surface area contributed by atoms with E-state index in [9.17, 15) is 4.79 Å². The molecule has 0 aromatic heterocycles. The van der Waals surface area contributed by atoms with Crippen LogP contribution in [0.15, 0.2) is 53.5 Å². The van der Waals surface area contributed by atoms with Crippen LogP contribution in [0.4, 0.5) is 0 Å². The minimum Gasteiger partial charge on any atom is -0.465 e. The number of esters is 1. The van der Waals surface area contributed by atoms with Crippen LogP contribution in [0.1, 0.15) is 27.0 Å². The average Bonchev–Trinajstić information content (AvgIpc) is 2.61. The minimum absolute atomic E-state index is 0. The van der Waals surface area contributed by atoms with Gasteiger partial charge >= 0.3 is 5.97 Å². The van der Waals surface area contributed by atoms with Crippen LogP contribution < -0.4 is 10.6 Å². The number of hydrogen-bond donors (Lipinski definition) is 2. The second kappa shape index (κ2) is 10.7. The summed E-state index contributed by atoms with van der Waals surface area (Å²) in [7, 11) is 3.12. The van der Waals surface area contributed by atoms with Gasteiger partial charge in [0.2, 0.25) is 0 Å². The van der Waals surface area contributed by atoms with Crippen LogP contribution in [0.5, 0.6) is 0 Å². The second-order valence-electron chi connectivity index (χ2n) is 5.46. The van der Waals surface area contributed by atoms with Crippen LogP contribution in [0.25, 0.3) is 0 Å². The maximum absolute atomic E-state index is 11.4. The summed E-state index contributed by atoms with van der Waals surface area (Å²) in [5, 5.41) is 6.54. The lowest BCUT2D eigenvalue weighted by molar-refractivity contribution is 0.0600. The number of hydrogen-bond acceptors (Lipinski definition) is 3. The Hall–Kier alpha value is -2.09. The molecule has 0 amide bonds. The molecule has 0 aliphatic carbocycles. The summed E-state index contributed by atoms with van der Waals surface area (Å²) in [5.41, 5.74) is 4.05. The Kier molecular flexibility index (Phi) is 8.98. The van der Waals surface area contributed by atoms with E-state index in [1.807, 2.05) is 18.2 Å². The molecule has 2 rings (SSSR count). The molecule has 0 atom stereocenters. The molecule has 134 valence electrons. The standard InChI is InChI=1S/C19H23N3O2.HI/c1-14-5-4-6-16(11-14)13-22-19(20-2)21-12-15-7-9-17(10-8-15)18(23)24-3;/h4-11H,12-13H2,1-3H3,(H2,20,21,22);1H. The van der Waals surface area contributed by atoms with Crippen LogP contribution in [0.3, 0.4) is 0 Å². The quantitative estimate of drug-likeness (QED) is 0.316. The summed E-state index contributed by atoms with van der Waals surface area (Å²) in [6.07, 6.45) is 0. The Balaban J connectivity index is 0.00000312. The van der Waals surface area contributed by atoms with E-state index >= 15 is 0 Å². The van der Waals surface area contributed by atoms with Gasteiger partial charge in [-0.25, -0.2) is 4.79 Å². The molecule has 0 fully saturated rings. The Bertz CT molecular complexity index is 715. The van der Waals surface area contributed by atoms with Crippen molar-refractivity contribution in [1.29, 1.82) is 0 Å². The summed E-state index contributed by atoms with van der Waals surface area (Å²) in [4.78, 5) is 15.6. The van der Waals surface area contributed by atoms with Crippen molar-refractivity contribution >= 4 is 35.9 Å². The molecule has 0 aliphatic rings. The number of nitrogens with one attached hydrogen (secondary N) is 2. The van der Waals surface area contributed by atoms with Crippen molar-refractivity contribution in [3.63, 3.8) is 0 Å². The fraction of sp³-hybridized carbons (Fsp3) is 0.263. The lowest BCUT2D eigenvalue weighted by atomic mass is 10.1. The van der Waals surface area contributed by atoms with Gasteiger partial charge in [0.15, 0.2) is 5.96 Å². The Labute approximate surface area is 165 Å². The van der Waals surface area contributed by atoms with Gasteiger partial charge in [0.1, 0.15) is 0 Å². The Morgan fingerprint density at radius 2 is 1.68 bits per heavy atom. The van der Waals surface area contributed by atoms with Crippen LogP contribution >= 0.6 is 24.0 Å². The predicted molar refractivity (Wildman–Crippen MR) is 111 cm³/mol. The number of methoxy groups -OCH3 is 1. The molecular weight excluding hydrogens is 429 g/mol. The summed E-state index contributed by atoms with van der Waals surface area (Å²) < 4.78 is 4.69. The highest BCUT2D eigenvalue weighted by Gasteiger charge is 2.05. The number of carbonyl (C=O) groups is 1. The van der Waals surface area contributed by atoms with Gasteiger partial charge in [-0.2, -0.15) is 0 Å². The highest BCUT2D eigenvalue weighted by Crippen LogP contribution is 2.06. The SMILES string of the molecule is CN=C(NCc1ccc(C(=O)OC)cc1)NCc1cccc(C)c1.I. The number of aryl methyl sites for hydroxylation is 1. The van der Waals surface area contributed by atoms with E-state index < -0.39 is 0 Å². The fourth-order valence-corrected chi connectivity index (χ4v) is 2.29. The first-order valence-electron chi connectivity index (χ1n) is 7.79. The van der Waals surface area contributed by atoms with Crippen molar-refractivity contribution in [2.75, 3.05) is 14.2 Å². The average molecular weight is 453 g/mol. The van der Waals surface area contributed by atoms with Gasteiger partial charge in [0.05, 0.1) is 12.7 Å². The number of carbonyl (C=O) groups excluding carboxylic acids is 1. The third-order valence-electron chi connectivity index (χ3n) is 3.60. The number of benzene rings is 2. The molecule has 5 nitrogen and oxygen atoms in total. The number of nitrogens with zero attached hydrogens (tertiary/aromatic N) is 1. The molecule has 6 heteroatoms. The van der Waals surface area contributed by atoms with Gasteiger partial charge in [0.25, 0.3) is 0 Å². The van der Waals surface area contributed by atoms with Crippen molar-refractivity contribution in [2.24, 2.45) is 4.99 Å². The van der Waals surface area contributed by atoms with E-state index in [0.717, 1.165) is 11.5 Å². The fourth-order valence-electron chi connectivity index (χ4n) is 2.29.